The summed E-state index contributed by atoms with van der Waals surface area (Å²) < 4.78 is 28.0. The molecule has 21 heavy (non-hydrogen) atoms. The van der Waals surface area contributed by atoms with Gasteiger partial charge in [0.1, 0.15) is 17.2 Å². The van der Waals surface area contributed by atoms with E-state index in [1.807, 2.05) is 0 Å². The Balaban J connectivity index is 2.33. The van der Waals surface area contributed by atoms with Gasteiger partial charge in [-0.1, -0.05) is 31.7 Å². The number of hydrogen-bond acceptors (Lipinski definition) is 2. The van der Waals surface area contributed by atoms with Crippen LogP contribution in [-0.2, 0) is 10.3 Å². The van der Waals surface area contributed by atoms with Gasteiger partial charge in [-0.05, 0) is 31.9 Å². The number of aliphatic carboxylic acids is 1. The van der Waals surface area contributed by atoms with Crippen LogP contribution < -0.4 is 5.32 Å². The fraction of sp³-hybridized carbons (Fsp3) is 0.562. The third-order valence-corrected chi connectivity index (χ3v) is 4.24. The molecule has 1 unspecified atom stereocenters. The average Bonchev–Trinajstić information content (AvgIpc) is 2.66. The van der Waals surface area contributed by atoms with Crippen LogP contribution in [0.25, 0.3) is 0 Å². The Morgan fingerprint density at radius 2 is 1.71 bits per heavy atom. The highest BCUT2D eigenvalue weighted by molar-refractivity contribution is 5.80. The zero-order valence-corrected chi connectivity index (χ0v) is 12.2. The standard InChI is InChI=1S/C16H21F2NO2/c1-16(15(20)21,14-12(17)9-6-10-13(14)18)19-11-7-4-2-3-5-8-11/h6,9-11,19H,2-5,7-8H2,1H3,(H,20,21). The van der Waals surface area contributed by atoms with Gasteiger partial charge in [-0.3, -0.25) is 5.32 Å². The van der Waals surface area contributed by atoms with E-state index < -0.39 is 28.7 Å². The van der Waals surface area contributed by atoms with Gasteiger partial charge in [-0.15, -0.1) is 0 Å². The van der Waals surface area contributed by atoms with Gasteiger partial charge in [0.2, 0.25) is 0 Å². The summed E-state index contributed by atoms with van der Waals surface area (Å²) in [5.74, 6) is -2.93. The smallest absolute Gasteiger partial charge is 0.328 e. The summed E-state index contributed by atoms with van der Waals surface area (Å²) in [6.07, 6.45) is 5.92. The van der Waals surface area contributed by atoms with Crippen LogP contribution >= 0.6 is 0 Å². The highest BCUT2D eigenvalue weighted by Gasteiger charge is 2.41. The van der Waals surface area contributed by atoms with Gasteiger partial charge in [0.05, 0.1) is 5.56 Å². The molecule has 2 rings (SSSR count). The molecule has 0 aromatic heterocycles. The normalized spacial score (nSPS) is 19.8. The monoisotopic (exact) mass is 297 g/mol. The van der Waals surface area contributed by atoms with Crippen molar-refractivity contribution in [1.82, 2.24) is 5.32 Å². The lowest BCUT2D eigenvalue weighted by Crippen LogP contribution is -2.52. The molecule has 0 aliphatic heterocycles. The minimum atomic E-state index is -1.76. The van der Waals surface area contributed by atoms with Crippen LogP contribution in [0, 0.1) is 11.6 Å². The van der Waals surface area contributed by atoms with Crippen molar-refractivity contribution in [3.63, 3.8) is 0 Å². The third kappa shape index (κ3) is 3.40. The Labute approximate surface area is 123 Å². The maximum absolute atomic E-state index is 14.0. The summed E-state index contributed by atoms with van der Waals surface area (Å²) in [5.41, 5.74) is -2.17. The van der Waals surface area contributed by atoms with E-state index in [2.05, 4.69) is 5.32 Å². The highest BCUT2D eigenvalue weighted by Crippen LogP contribution is 2.29. The van der Waals surface area contributed by atoms with Crippen LogP contribution in [0.15, 0.2) is 18.2 Å². The molecule has 2 N–H and O–H groups in total. The predicted molar refractivity (Wildman–Crippen MR) is 76.0 cm³/mol. The van der Waals surface area contributed by atoms with E-state index in [1.54, 1.807) is 0 Å². The van der Waals surface area contributed by atoms with E-state index in [9.17, 15) is 18.7 Å². The second-order valence-corrected chi connectivity index (χ2v) is 5.86. The largest absolute Gasteiger partial charge is 0.480 e. The molecule has 1 atom stereocenters. The first-order chi connectivity index (χ1) is 9.95. The quantitative estimate of drug-likeness (QED) is 0.835. The number of carboxylic acid groups (broad SMARTS) is 1. The molecule has 1 fully saturated rings. The van der Waals surface area contributed by atoms with E-state index in [0.717, 1.165) is 50.7 Å². The lowest BCUT2D eigenvalue weighted by molar-refractivity contribution is -0.145. The molecule has 1 aliphatic carbocycles. The number of carbonyl (C=O) groups is 1. The number of carboxylic acids is 1. The second-order valence-electron chi connectivity index (χ2n) is 5.86. The summed E-state index contributed by atoms with van der Waals surface area (Å²) in [5, 5.41) is 12.5. The number of rotatable bonds is 4. The summed E-state index contributed by atoms with van der Waals surface area (Å²) in [4.78, 5) is 11.7. The summed E-state index contributed by atoms with van der Waals surface area (Å²) in [7, 11) is 0. The van der Waals surface area contributed by atoms with Crippen molar-refractivity contribution < 1.29 is 18.7 Å². The zero-order valence-electron chi connectivity index (χ0n) is 12.2. The minimum Gasteiger partial charge on any atom is -0.480 e. The molecule has 3 nitrogen and oxygen atoms in total. The van der Waals surface area contributed by atoms with Crippen LogP contribution in [0.3, 0.4) is 0 Å². The van der Waals surface area contributed by atoms with Crippen molar-refractivity contribution >= 4 is 5.97 Å². The topological polar surface area (TPSA) is 49.3 Å². The molecule has 0 bridgehead atoms. The zero-order chi connectivity index (χ0) is 15.5. The molecule has 0 radical (unpaired) electrons. The highest BCUT2D eigenvalue weighted by atomic mass is 19.1. The molecule has 0 amide bonds. The Bertz CT molecular complexity index is 493. The number of halogens is 2. The lowest BCUT2D eigenvalue weighted by Gasteiger charge is -2.32. The summed E-state index contributed by atoms with van der Waals surface area (Å²) in [6.45, 7) is 1.34. The van der Waals surface area contributed by atoms with Gasteiger partial charge in [0.25, 0.3) is 0 Å². The lowest BCUT2D eigenvalue weighted by atomic mass is 9.89. The van der Waals surface area contributed by atoms with E-state index in [1.165, 1.54) is 13.0 Å². The SMILES string of the molecule is CC(NC1CCCCCC1)(C(=O)O)c1c(F)cccc1F. The first-order valence-electron chi connectivity index (χ1n) is 7.40. The molecule has 0 saturated heterocycles. The molecule has 5 heteroatoms. The third-order valence-electron chi connectivity index (χ3n) is 4.24. The summed E-state index contributed by atoms with van der Waals surface area (Å²) >= 11 is 0. The van der Waals surface area contributed by atoms with Gasteiger partial charge in [-0.25, -0.2) is 13.6 Å². The van der Waals surface area contributed by atoms with Crippen molar-refractivity contribution in [1.29, 1.82) is 0 Å². The van der Waals surface area contributed by atoms with Crippen LogP contribution in [-0.4, -0.2) is 17.1 Å². The van der Waals surface area contributed by atoms with Crippen molar-refractivity contribution in [3.05, 3.63) is 35.4 Å². The minimum absolute atomic E-state index is 0.0346. The van der Waals surface area contributed by atoms with Gasteiger partial charge in [0.15, 0.2) is 0 Å². The van der Waals surface area contributed by atoms with E-state index in [-0.39, 0.29) is 6.04 Å². The second kappa shape index (κ2) is 6.52. The molecule has 0 spiro atoms. The Morgan fingerprint density at radius 3 is 2.19 bits per heavy atom. The van der Waals surface area contributed by atoms with Crippen molar-refractivity contribution in [2.24, 2.45) is 0 Å². The van der Waals surface area contributed by atoms with E-state index in [4.69, 9.17) is 0 Å². The number of benzene rings is 1. The van der Waals surface area contributed by atoms with Crippen LogP contribution in [0.5, 0.6) is 0 Å². The molecular formula is C16H21F2NO2. The molecule has 1 aliphatic rings. The molecular weight excluding hydrogens is 276 g/mol. The van der Waals surface area contributed by atoms with Gasteiger partial charge < -0.3 is 5.11 Å². The van der Waals surface area contributed by atoms with E-state index >= 15 is 0 Å². The Hall–Kier alpha value is -1.49. The molecule has 1 aromatic carbocycles. The molecule has 0 heterocycles. The van der Waals surface area contributed by atoms with Crippen LogP contribution in [0.2, 0.25) is 0 Å². The molecule has 1 saturated carbocycles. The molecule has 116 valence electrons. The van der Waals surface area contributed by atoms with Crippen molar-refractivity contribution in [2.75, 3.05) is 0 Å². The maximum Gasteiger partial charge on any atom is 0.328 e. The fourth-order valence-corrected chi connectivity index (χ4v) is 3.05. The summed E-state index contributed by atoms with van der Waals surface area (Å²) in [6, 6.07) is 3.39. The van der Waals surface area contributed by atoms with Gasteiger partial charge >= 0.3 is 5.97 Å². The number of nitrogens with one attached hydrogen (secondary N) is 1. The Morgan fingerprint density at radius 1 is 1.19 bits per heavy atom. The molecule has 1 aromatic rings. The first kappa shape index (κ1) is 15.9. The first-order valence-corrected chi connectivity index (χ1v) is 7.40. The van der Waals surface area contributed by atoms with Gasteiger partial charge in [0, 0.05) is 6.04 Å². The van der Waals surface area contributed by atoms with E-state index in [0.29, 0.717) is 0 Å². The van der Waals surface area contributed by atoms with Gasteiger partial charge in [-0.2, -0.15) is 0 Å². The van der Waals surface area contributed by atoms with Crippen molar-refractivity contribution in [3.8, 4) is 0 Å². The van der Waals surface area contributed by atoms with Crippen LogP contribution in [0.4, 0.5) is 8.78 Å². The average molecular weight is 297 g/mol. The fourth-order valence-electron chi connectivity index (χ4n) is 3.05. The van der Waals surface area contributed by atoms with Crippen LogP contribution in [0.1, 0.15) is 51.0 Å². The van der Waals surface area contributed by atoms with Crippen molar-refractivity contribution in [2.45, 2.75) is 57.0 Å². The number of hydrogen-bond donors (Lipinski definition) is 2. The predicted octanol–water partition coefficient (Wildman–Crippen LogP) is 3.58. The Kier molecular flexibility index (Phi) is 4.93. The maximum atomic E-state index is 14.0.